The van der Waals surface area contributed by atoms with Gasteiger partial charge in [0, 0.05) is 17.8 Å². The van der Waals surface area contributed by atoms with Crippen LogP contribution in [0.25, 0.3) is 0 Å². The summed E-state index contributed by atoms with van der Waals surface area (Å²) in [6, 6.07) is 13.2. The molecule has 130 valence electrons. The number of rotatable bonds is 5. The normalized spacial score (nSPS) is 14.6. The third-order valence-electron chi connectivity index (χ3n) is 4.57. The molecule has 1 aliphatic heterocycles. The molecule has 0 atom stereocenters. The van der Waals surface area contributed by atoms with Crippen molar-refractivity contribution in [1.82, 2.24) is 0 Å². The van der Waals surface area contributed by atoms with E-state index in [0.29, 0.717) is 18.5 Å². The molecular formula is C20H22N2O3. The Hall–Kier alpha value is -2.82. The molecule has 0 unspecified atom stereocenters. The molecule has 1 heterocycles. The summed E-state index contributed by atoms with van der Waals surface area (Å²) < 4.78 is 5.19. The monoisotopic (exact) mass is 338 g/mol. The number of amides is 2. The standard InChI is InChI=1S/C20H22N2O3/c1-20(2)16-12-14(8-9-17(16)22-19(20)24)21-18(23)10-7-13-5-4-6-15(11-13)25-3/h4-6,8-9,11-12H,7,10H2,1-3H3,(H,21,23)(H,22,24). The lowest BCUT2D eigenvalue weighted by molar-refractivity contribution is -0.119. The molecule has 0 aliphatic carbocycles. The molecule has 0 bridgehead atoms. The van der Waals surface area contributed by atoms with Crippen molar-refractivity contribution in [2.75, 3.05) is 17.7 Å². The van der Waals surface area contributed by atoms with Gasteiger partial charge < -0.3 is 15.4 Å². The van der Waals surface area contributed by atoms with E-state index in [-0.39, 0.29) is 11.8 Å². The number of fused-ring (bicyclic) bond motifs is 1. The average Bonchev–Trinajstić information content (AvgIpc) is 2.83. The van der Waals surface area contributed by atoms with Gasteiger partial charge in [-0.05, 0) is 61.7 Å². The Labute approximate surface area is 147 Å². The second-order valence-electron chi connectivity index (χ2n) is 6.74. The fourth-order valence-corrected chi connectivity index (χ4v) is 2.96. The summed E-state index contributed by atoms with van der Waals surface area (Å²) in [6.07, 6.45) is 1.02. The molecule has 5 heteroatoms. The molecular weight excluding hydrogens is 316 g/mol. The Morgan fingerprint density at radius 3 is 2.76 bits per heavy atom. The van der Waals surface area contributed by atoms with E-state index in [1.807, 2.05) is 56.3 Å². The van der Waals surface area contributed by atoms with Crippen molar-refractivity contribution in [1.29, 1.82) is 0 Å². The minimum atomic E-state index is -0.587. The number of carbonyl (C=O) groups is 2. The van der Waals surface area contributed by atoms with E-state index in [0.717, 1.165) is 22.6 Å². The number of ether oxygens (including phenoxy) is 1. The van der Waals surface area contributed by atoms with E-state index in [4.69, 9.17) is 4.74 Å². The zero-order valence-electron chi connectivity index (χ0n) is 14.7. The molecule has 3 rings (SSSR count). The van der Waals surface area contributed by atoms with E-state index in [1.54, 1.807) is 7.11 Å². The van der Waals surface area contributed by atoms with Crippen molar-refractivity contribution >= 4 is 23.2 Å². The molecule has 2 aromatic rings. The molecule has 0 spiro atoms. The van der Waals surface area contributed by atoms with Crippen LogP contribution in [0.2, 0.25) is 0 Å². The smallest absolute Gasteiger partial charge is 0.234 e. The Kier molecular flexibility index (Phi) is 4.49. The zero-order chi connectivity index (χ0) is 18.0. The van der Waals surface area contributed by atoms with Crippen molar-refractivity contribution in [3.63, 3.8) is 0 Å². The molecule has 2 aromatic carbocycles. The van der Waals surface area contributed by atoms with Crippen LogP contribution in [0.3, 0.4) is 0 Å². The van der Waals surface area contributed by atoms with Gasteiger partial charge in [0.15, 0.2) is 0 Å². The first-order chi connectivity index (χ1) is 11.9. The van der Waals surface area contributed by atoms with Crippen molar-refractivity contribution < 1.29 is 14.3 Å². The van der Waals surface area contributed by atoms with Gasteiger partial charge in [-0.25, -0.2) is 0 Å². The Morgan fingerprint density at radius 1 is 1.20 bits per heavy atom. The number of benzene rings is 2. The third kappa shape index (κ3) is 3.50. The highest BCUT2D eigenvalue weighted by Crippen LogP contribution is 2.38. The second kappa shape index (κ2) is 6.59. The summed E-state index contributed by atoms with van der Waals surface area (Å²) in [7, 11) is 1.63. The van der Waals surface area contributed by atoms with Gasteiger partial charge in [0.25, 0.3) is 0 Å². The van der Waals surface area contributed by atoms with Gasteiger partial charge in [-0.1, -0.05) is 12.1 Å². The van der Waals surface area contributed by atoms with Crippen molar-refractivity contribution in [2.45, 2.75) is 32.1 Å². The highest BCUT2D eigenvalue weighted by molar-refractivity contribution is 6.06. The quantitative estimate of drug-likeness (QED) is 0.877. The van der Waals surface area contributed by atoms with Crippen LogP contribution >= 0.6 is 0 Å². The summed E-state index contributed by atoms with van der Waals surface area (Å²) >= 11 is 0. The molecule has 0 saturated carbocycles. The number of anilines is 2. The number of methoxy groups -OCH3 is 1. The molecule has 2 amide bonds. The molecule has 0 saturated heterocycles. The van der Waals surface area contributed by atoms with Crippen LogP contribution in [0.1, 0.15) is 31.4 Å². The van der Waals surface area contributed by atoms with E-state index in [9.17, 15) is 9.59 Å². The molecule has 0 fully saturated rings. The van der Waals surface area contributed by atoms with Crippen LogP contribution in [-0.4, -0.2) is 18.9 Å². The topological polar surface area (TPSA) is 67.4 Å². The third-order valence-corrected chi connectivity index (χ3v) is 4.57. The minimum absolute atomic E-state index is 0.0241. The van der Waals surface area contributed by atoms with E-state index in [2.05, 4.69) is 10.6 Å². The number of hydrogen-bond acceptors (Lipinski definition) is 3. The lowest BCUT2D eigenvalue weighted by Crippen LogP contribution is -2.26. The van der Waals surface area contributed by atoms with Gasteiger partial charge in [0.05, 0.1) is 12.5 Å². The van der Waals surface area contributed by atoms with Gasteiger partial charge in [-0.3, -0.25) is 9.59 Å². The molecule has 5 nitrogen and oxygen atoms in total. The fourth-order valence-electron chi connectivity index (χ4n) is 2.96. The number of hydrogen-bond donors (Lipinski definition) is 2. The number of aryl methyl sites for hydroxylation is 1. The predicted octanol–water partition coefficient (Wildman–Crippen LogP) is 3.50. The van der Waals surface area contributed by atoms with Crippen LogP contribution in [0.5, 0.6) is 5.75 Å². The maximum absolute atomic E-state index is 12.2. The molecule has 2 N–H and O–H groups in total. The first-order valence-electron chi connectivity index (χ1n) is 8.29. The highest BCUT2D eigenvalue weighted by atomic mass is 16.5. The average molecular weight is 338 g/mol. The zero-order valence-corrected chi connectivity index (χ0v) is 14.7. The first kappa shape index (κ1) is 17.0. The van der Waals surface area contributed by atoms with E-state index >= 15 is 0 Å². The Bertz CT molecular complexity index is 827. The maximum atomic E-state index is 12.2. The first-order valence-corrected chi connectivity index (χ1v) is 8.29. The van der Waals surface area contributed by atoms with Gasteiger partial charge in [0.2, 0.25) is 11.8 Å². The SMILES string of the molecule is COc1cccc(CCC(=O)Nc2ccc3c(c2)C(C)(C)C(=O)N3)c1. The lowest BCUT2D eigenvalue weighted by atomic mass is 9.86. The van der Waals surface area contributed by atoms with Gasteiger partial charge >= 0.3 is 0 Å². The molecule has 1 aliphatic rings. The Balaban J connectivity index is 1.64. The van der Waals surface area contributed by atoms with Gasteiger partial charge in [-0.2, -0.15) is 0 Å². The predicted molar refractivity (Wildman–Crippen MR) is 98.0 cm³/mol. The Morgan fingerprint density at radius 2 is 2.00 bits per heavy atom. The molecule has 25 heavy (non-hydrogen) atoms. The summed E-state index contributed by atoms with van der Waals surface area (Å²) in [6.45, 7) is 3.76. The van der Waals surface area contributed by atoms with E-state index < -0.39 is 5.41 Å². The number of nitrogens with one attached hydrogen (secondary N) is 2. The fraction of sp³-hybridized carbons (Fsp3) is 0.300. The largest absolute Gasteiger partial charge is 0.497 e. The summed E-state index contributed by atoms with van der Waals surface area (Å²) in [5.74, 6) is 0.706. The van der Waals surface area contributed by atoms with Crippen LogP contribution in [0.4, 0.5) is 11.4 Å². The summed E-state index contributed by atoms with van der Waals surface area (Å²) in [5.41, 5.74) is 2.89. The second-order valence-corrected chi connectivity index (χ2v) is 6.74. The maximum Gasteiger partial charge on any atom is 0.234 e. The van der Waals surface area contributed by atoms with Crippen molar-refractivity contribution in [3.05, 3.63) is 53.6 Å². The molecule has 0 aromatic heterocycles. The highest BCUT2D eigenvalue weighted by Gasteiger charge is 2.38. The van der Waals surface area contributed by atoms with Gasteiger partial charge in [-0.15, -0.1) is 0 Å². The van der Waals surface area contributed by atoms with Crippen molar-refractivity contribution in [3.8, 4) is 5.75 Å². The van der Waals surface area contributed by atoms with Gasteiger partial charge in [0.1, 0.15) is 5.75 Å². The number of carbonyl (C=O) groups excluding carboxylic acids is 2. The van der Waals surface area contributed by atoms with Crippen LogP contribution in [-0.2, 0) is 21.4 Å². The lowest BCUT2D eigenvalue weighted by Gasteiger charge is -2.16. The van der Waals surface area contributed by atoms with E-state index in [1.165, 1.54) is 0 Å². The summed E-state index contributed by atoms with van der Waals surface area (Å²) in [5, 5.41) is 5.78. The minimum Gasteiger partial charge on any atom is -0.497 e. The summed E-state index contributed by atoms with van der Waals surface area (Å²) in [4.78, 5) is 24.2. The van der Waals surface area contributed by atoms with Crippen LogP contribution < -0.4 is 15.4 Å². The van der Waals surface area contributed by atoms with Crippen molar-refractivity contribution in [2.24, 2.45) is 0 Å². The van der Waals surface area contributed by atoms with Crippen LogP contribution in [0.15, 0.2) is 42.5 Å². The van der Waals surface area contributed by atoms with Crippen LogP contribution in [0, 0.1) is 0 Å². The molecule has 0 radical (unpaired) electrons.